The number of hydrogen-bond donors (Lipinski definition) is 0. The molecule has 0 radical (unpaired) electrons. The van der Waals surface area contributed by atoms with Crippen LogP contribution in [0.4, 0.5) is 34.5 Å². The highest BCUT2D eigenvalue weighted by atomic mass is 16.7. The molecule has 0 aliphatic carbocycles. The number of nitrogens with zero attached hydrogens (tertiary/aromatic N) is 2. The highest BCUT2D eigenvalue weighted by Crippen LogP contribution is 2.50. The third kappa shape index (κ3) is 4.31. The largest absolute Gasteiger partial charge is 0.454 e. The second-order valence-corrected chi connectivity index (χ2v) is 16.5. The van der Waals surface area contributed by atoms with Gasteiger partial charge in [0.15, 0.2) is 23.0 Å². The summed E-state index contributed by atoms with van der Waals surface area (Å²) in [6.07, 6.45) is 0. The molecular weight excluding hydrogens is 663 g/mol. The van der Waals surface area contributed by atoms with E-state index in [1.54, 1.807) is 0 Å². The summed E-state index contributed by atoms with van der Waals surface area (Å²) < 4.78 is 37.3. The molecule has 2 aromatic heterocycles. The Bertz CT molecular complexity index is 2520. The predicted octanol–water partition coefficient (Wildman–Crippen LogP) is 9.31. The van der Waals surface area contributed by atoms with Crippen LogP contribution in [0.3, 0.4) is 0 Å². The topological polar surface area (TPSA) is 69.7 Å². The summed E-state index contributed by atoms with van der Waals surface area (Å²) in [5.74, 6) is 4.45. The lowest BCUT2D eigenvalue weighted by molar-refractivity contribution is 0.173. The SMILES string of the molecule is CC(C)(C)c1ccc2oc3c(c2c1)B1c2c(cccc2N(c2ccc4c(c2)OCO4)c2oc4ccc(C(C)(C)C)cc4c21)N3c1ccc2c(c1)OCO2. The number of benzene rings is 5. The van der Waals surface area contributed by atoms with Gasteiger partial charge in [0.2, 0.25) is 25.4 Å². The molecule has 0 amide bonds. The third-order valence-electron chi connectivity index (χ3n) is 11.2. The Morgan fingerprint density at radius 1 is 0.491 bits per heavy atom. The molecule has 9 heteroatoms. The summed E-state index contributed by atoms with van der Waals surface area (Å²) in [6.45, 7) is 13.7. The van der Waals surface area contributed by atoms with E-state index in [-0.39, 0.29) is 31.1 Å². The zero-order valence-electron chi connectivity index (χ0n) is 30.5. The van der Waals surface area contributed by atoms with E-state index in [4.69, 9.17) is 27.8 Å². The van der Waals surface area contributed by atoms with Crippen molar-refractivity contribution in [2.45, 2.75) is 52.4 Å². The van der Waals surface area contributed by atoms with Gasteiger partial charge in [0.05, 0.1) is 11.4 Å². The number of rotatable bonds is 2. The van der Waals surface area contributed by atoms with Crippen molar-refractivity contribution in [2.75, 3.05) is 23.4 Å². The molecule has 0 bridgehead atoms. The van der Waals surface area contributed by atoms with Crippen LogP contribution in [-0.2, 0) is 10.8 Å². The third-order valence-corrected chi connectivity index (χ3v) is 11.2. The zero-order valence-corrected chi connectivity index (χ0v) is 30.5. The average molecular weight is 701 g/mol. The number of furan rings is 2. The summed E-state index contributed by atoms with van der Waals surface area (Å²) in [6, 6.07) is 32.0. The Morgan fingerprint density at radius 3 is 1.40 bits per heavy atom. The molecule has 262 valence electrons. The van der Waals surface area contributed by atoms with E-state index in [1.165, 1.54) is 11.1 Å². The fourth-order valence-corrected chi connectivity index (χ4v) is 8.47. The molecule has 4 aliphatic heterocycles. The van der Waals surface area contributed by atoms with Crippen molar-refractivity contribution < 1.29 is 27.8 Å². The summed E-state index contributed by atoms with van der Waals surface area (Å²) in [7, 11) is 0. The second-order valence-electron chi connectivity index (χ2n) is 16.5. The lowest BCUT2D eigenvalue weighted by Gasteiger charge is -2.40. The van der Waals surface area contributed by atoms with Crippen LogP contribution in [0.1, 0.15) is 52.7 Å². The van der Waals surface area contributed by atoms with Crippen molar-refractivity contribution >= 4 is 79.6 Å². The van der Waals surface area contributed by atoms with Gasteiger partial charge in [-0.1, -0.05) is 59.7 Å². The molecule has 0 fully saturated rings. The predicted molar refractivity (Wildman–Crippen MR) is 210 cm³/mol. The second kappa shape index (κ2) is 10.3. The zero-order chi connectivity index (χ0) is 36.0. The summed E-state index contributed by atoms with van der Waals surface area (Å²) in [5, 5.41) is 2.18. The van der Waals surface area contributed by atoms with E-state index < -0.39 is 0 Å². The van der Waals surface area contributed by atoms with Crippen molar-refractivity contribution in [3.05, 3.63) is 102 Å². The Kier molecular flexibility index (Phi) is 5.98. The van der Waals surface area contributed by atoms with Gasteiger partial charge in [-0.3, -0.25) is 9.80 Å². The smallest absolute Gasteiger partial charge is 0.262 e. The summed E-state index contributed by atoms with van der Waals surface area (Å²) >= 11 is 0. The van der Waals surface area contributed by atoms with Crippen molar-refractivity contribution in [3.63, 3.8) is 0 Å². The molecular formula is C44H37BN2O6. The van der Waals surface area contributed by atoms with Crippen molar-refractivity contribution in [1.29, 1.82) is 0 Å². The molecule has 0 spiro atoms. The standard InChI is InChI=1S/C44H37BN2O6/c1-43(2,3)24-10-14-32-28(18-24)38-41(52-32)46(26-12-16-34-36(20-26)50-22-48-34)30-8-7-9-31-40(30)45(38)39-29-19-25(44(4,5)6)11-15-33(29)53-42(39)47(31)27-13-17-35-37(21-27)51-23-49-35/h7-21H,22-23H2,1-6H3. The maximum Gasteiger partial charge on any atom is 0.262 e. The number of ether oxygens (including phenoxy) is 4. The first-order chi connectivity index (χ1) is 25.5. The van der Waals surface area contributed by atoms with Crippen LogP contribution in [-0.4, -0.2) is 20.3 Å². The van der Waals surface area contributed by atoms with E-state index in [0.717, 1.165) is 84.3 Å². The Balaban J connectivity index is 1.27. The Morgan fingerprint density at radius 2 is 0.943 bits per heavy atom. The monoisotopic (exact) mass is 700 g/mol. The maximum absolute atomic E-state index is 7.02. The van der Waals surface area contributed by atoms with Gasteiger partial charge in [-0.15, -0.1) is 0 Å². The van der Waals surface area contributed by atoms with Crippen LogP contribution in [0.15, 0.2) is 99.8 Å². The highest BCUT2D eigenvalue weighted by Gasteiger charge is 2.49. The molecule has 11 rings (SSSR count). The van der Waals surface area contributed by atoms with Gasteiger partial charge >= 0.3 is 0 Å². The van der Waals surface area contributed by atoms with Gasteiger partial charge in [0.25, 0.3) is 6.71 Å². The quantitative estimate of drug-likeness (QED) is 0.165. The van der Waals surface area contributed by atoms with Crippen LogP contribution in [0.25, 0.3) is 21.9 Å². The lowest BCUT2D eigenvalue weighted by Crippen LogP contribution is -2.60. The van der Waals surface area contributed by atoms with Gasteiger partial charge in [-0.2, -0.15) is 0 Å². The molecule has 5 aromatic carbocycles. The maximum atomic E-state index is 7.02. The van der Waals surface area contributed by atoms with E-state index in [0.29, 0.717) is 11.5 Å². The minimum atomic E-state index is -0.199. The first-order valence-corrected chi connectivity index (χ1v) is 18.2. The van der Waals surface area contributed by atoms with Gasteiger partial charge in [0, 0.05) is 45.2 Å². The molecule has 7 aromatic rings. The van der Waals surface area contributed by atoms with Crippen molar-refractivity contribution in [3.8, 4) is 23.0 Å². The average Bonchev–Trinajstić information content (AvgIpc) is 3.94. The van der Waals surface area contributed by atoms with Gasteiger partial charge in [0.1, 0.15) is 11.2 Å². The molecule has 4 aliphatic rings. The molecule has 53 heavy (non-hydrogen) atoms. The van der Waals surface area contributed by atoms with Crippen LogP contribution in [0, 0.1) is 0 Å². The Hall–Kier alpha value is -5.96. The first-order valence-electron chi connectivity index (χ1n) is 18.2. The molecule has 6 heterocycles. The van der Waals surface area contributed by atoms with Crippen LogP contribution < -0.4 is 45.1 Å². The molecule has 0 N–H and O–H groups in total. The van der Waals surface area contributed by atoms with E-state index in [9.17, 15) is 0 Å². The van der Waals surface area contributed by atoms with E-state index in [1.807, 2.05) is 24.3 Å². The van der Waals surface area contributed by atoms with Crippen LogP contribution in [0.2, 0.25) is 0 Å². The summed E-state index contributed by atoms with van der Waals surface area (Å²) in [4.78, 5) is 4.49. The van der Waals surface area contributed by atoms with E-state index >= 15 is 0 Å². The van der Waals surface area contributed by atoms with Gasteiger partial charge < -0.3 is 27.8 Å². The number of anilines is 6. The number of fused-ring (bicyclic) bond motifs is 10. The molecule has 0 saturated heterocycles. The molecule has 0 saturated carbocycles. The highest BCUT2D eigenvalue weighted by molar-refractivity contribution is 7.02. The van der Waals surface area contributed by atoms with Crippen molar-refractivity contribution in [1.82, 2.24) is 0 Å². The fourth-order valence-electron chi connectivity index (χ4n) is 8.47. The molecule has 0 unspecified atom stereocenters. The minimum Gasteiger partial charge on any atom is -0.454 e. The number of hydrogen-bond acceptors (Lipinski definition) is 8. The van der Waals surface area contributed by atoms with Gasteiger partial charge in [-0.25, -0.2) is 0 Å². The lowest BCUT2D eigenvalue weighted by atomic mass is 9.33. The fraction of sp³-hybridized carbons (Fsp3) is 0.227. The minimum absolute atomic E-state index is 0.0646. The van der Waals surface area contributed by atoms with Gasteiger partial charge in [-0.05, 0) is 88.1 Å². The normalized spacial score (nSPS) is 15.3. The summed E-state index contributed by atoms with van der Waals surface area (Å²) in [5.41, 5.74) is 11.3. The van der Waals surface area contributed by atoms with Crippen LogP contribution in [0.5, 0.6) is 23.0 Å². The van der Waals surface area contributed by atoms with Crippen LogP contribution >= 0.6 is 0 Å². The molecule has 8 nitrogen and oxygen atoms in total. The van der Waals surface area contributed by atoms with Crippen molar-refractivity contribution in [2.24, 2.45) is 0 Å². The van der Waals surface area contributed by atoms with E-state index in [2.05, 4.69) is 118 Å². The first kappa shape index (κ1) is 30.7. The Labute approximate surface area is 307 Å². The molecule has 0 atom stereocenters.